The summed E-state index contributed by atoms with van der Waals surface area (Å²) in [6, 6.07) is 14.4. The molecule has 3 heterocycles. The van der Waals surface area contributed by atoms with Gasteiger partial charge in [0.05, 0.1) is 4.90 Å². The fraction of sp³-hybridized carbons (Fsp3) is 0.286. The average Bonchev–Trinajstić information content (AvgIpc) is 2.76. The Labute approximate surface area is 186 Å². The van der Waals surface area contributed by atoms with Crippen molar-refractivity contribution in [2.45, 2.75) is 18.7 Å². The SMILES string of the molecule is Cc1cccc(Nc2ccc(N3CCN(S(=O)(=O)c4cccc(Cl)c4C)CC3)nn2)n1. The number of rotatable bonds is 5. The second-order valence-electron chi connectivity index (χ2n) is 7.32. The Morgan fingerprint density at radius 2 is 1.65 bits per heavy atom. The van der Waals surface area contributed by atoms with E-state index < -0.39 is 10.0 Å². The van der Waals surface area contributed by atoms with Crippen LogP contribution in [0.15, 0.2) is 53.4 Å². The van der Waals surface area contributed by atoms with Gasteiger partial charge in [0.2, 0.25) is 10.0 Å². The van der Waals surface area contributed by atoms with Crippen molar-refractivity contribution in [3.05, 3.63) is 64.8 Å². The smallest absolute Gasteiger partial charge is 0.243 e. The number of pyridine rings is 1. The molecular formula is C21H23ClN6O2S. The standard InChI is InChI=1S/C21H23ClN6O2S/c1-15-5-3-8-19(23-15)24-20-9-10-21(26-25-20)27-11-13-28(14-12-27)31(29,30)18-7-4-6-17(22)16(18)2/h3-10H,11-14H2,1-2H3,(H,23,24,25). The van der Waals surface area contributed by atoms with Crippen LogP contribution in [0.3, 0.4) is 0 Å². The fourth-order valence-corrected chi connectivity index (χ4v) is 5.37. The van der Waals surface area contributed by atoms with Crippen LogP contribution in [0.5, 0.6) is 0 Å². The number of nitrogens with zero attached hydrogens (tertiary/aromatic N) is 5. The van der Waals surface area contributed by atoms with Gasteiger partial charge in [0, 0.05) is 36.9 Å². The number of sulfonamides is 1. The number of aromatic nitrogens is 3. The first-order valence-electron chi connectivity index (χ1n) is 9.89. The number of piperazine rings is 1. The molecule has 1 aromatic carbocycles. The Balaban J connectivity index is 1.41. The second-order valence-corrected chi connectivity index (χ2v) is 9.63. The molecule has 3 aromatic rings. The molecule has 31 heavy (non-hydrogen) atoms. The molecule has 0 atom stereocenters. The van der Waals surface area contributed by atoms with E-state index in [1.165, 1.54) is 4.31 Å². The minimum atomic E-state index is -3.60. The zero-order chi connectivity index (χ0) is 22.0. The van der Waals surface area contributed by atoms with Gasteiger partial charge < -0.3 is 10.2 Å². The van der Waals surface area contributed by atoms with Crippen LogP contribution in [0.4, 0.5) is 17.5 Å². The number of hydrogen-bond acceptors (Lipinski definition) is 7. The Kier molecular flexibility index (Phi) is 6.08. The van der Waals surface area contributed by atoms with Crippen molar-refractivity contribution in [1.29, 1.82) is 0 Å². The van der Waals surface area contributed by atoms with E-state index in [0.29, 0.717) is 54.2 Å². The Bertz CT molecular complexity index is 1180. The first-order chi connectivity index (χ1) is 14.8. The molecule has 1 N–H and O–H groups in total. The maximum absolute atomic E-state index is 13.1. The lowest BCUT2D eigenvalue weighted by molar-refractivity contribution is 0.383. The molecule has 0 spiro atoms. The topological polar surface area (TPSA) is 91.3 Å². The van der Waals surface area contributed by atoms with Gasteiger partial charge in [-0.05, 0) is 55.8 Å². The molecule has 10 heteroatoms. The number of anilines is 3. The number of nitrogens with one attached hydrogen (secondary N) is 1. The van der Waals surface area contributed by atoms with Crippen LogP contribution < -0.4 is 10.2 Å². The van der Waals surface area contributed by atoms with E-state index in [9.17, 15) is 8.42 Å². The highest BCUT2D eigenvalue weighted by molar-refractivity contribution is 7.89. The van der Waals surface area contributed by atoms with Gasteiger partial charge in [-0.3, -0.25) is 0 Å². The first-order valence-corrected chi connectivity index (χ1v) is 11.7. The third-order valence-corrected chi connectivity index (χ3v) is 7.65. The molecule has 0 bridgehead atoms. The maximum atomic E-state index is 13.1. The average molecular weight is 459 g/mol. The van der Waals surface area contributed by atoms with Gasteiger partial charge in [-0.25, -0.2) is 13.4 Å². The highest BCUT2D eigenvalue weighted by Gasteiger charge is 2.30. The van der Waals surface area contributed by atoms with Crippen molar-refractivity contribution in [3.63, 3.8) is 0 Å². The summed E-state index contributed by atoms with van der Waals surface area (Å²) in [5.41, 5.74) is 1.49. The van der Waals surface area contributed by atoms with Gasteiger partial charge in [0.15, 0.2) is 11.6 Å². The molecule has 1 aliphatic rings. The minimum absolute atomic E-state index is 0.258. The predicted molar refractivity (Wildman–Crippen MR) is 121 cm³/mol. The second kappa shape index (κ2) is 8.78. The third-order valence-electron chi connectivity index (χ3n) is 5.19. The highest BCUT2D eigenvalue weighted by Crippen LogP contribution is 2.27. The summed E-state index contributed by atoms with van der Waals surface area (Å²) in [6.45, 7) is 5.43. The maximum Gasteiger partial charge on any atom is 0.243 e. The molecule has 1 fully saturated rings. The molecular weight excluding hydrogens is 436 g/mol. The summed E-state index contributed by atoms with van der Waals surface area (Å²) in [4.78, 5) is 6.67. The van der Waals surface area contributed by atoms with Crippen molar-refractivity contribution in [2.24, 2.45) is 0 Å². The van der Waals surface area contributed by atoms with Gasteiger partial charge in [0.25, 0.3) is 0 Å². The van der Waals surface area contributed by atoms with Crippen molar-refractivity contribution in [2.75, 3.05) is 36.4 Å². The van der Waals surface area contributed by atoms with E-state index in [0.717, 1.165) is 5.69 Å². The van der Waals surface area contributed by atoms with Gasteiger partial charge in [-0.2, -0.15) is 4.31 Å². The summed E-state index contributed by atoms with van der Waals surface area (Å²) < 4.78 is 27.6. The highest BCUT2D eigenvalue weighted by atomic mass is 35.5. The fourth-order valence-electron chi connectivity index (χ4n) is 3.47. The number of aryl methyl sites for hydroxylation is 1. The third kappa shape index (κ3) is 4.63. The van der Waals surface area contributed by atoms with Crippen LogP contribution in [-0.2, 0) is 10.0 Å². The molecule has 0 aliphatic carbocycles. The molecule has 8 nitrogen and oxygen atoms in total. The Hall–Kier alpha value is -2.75. The molecule has 1 saturated heterocycles. The van der Waals surface area contributed by atoms with Crippen LogP contribution in [0.2, 0.25) is 5.02 Å². The quantitative estimate of drug-likeness (QED) is 0.626. The summed E-state index contributed by atoms with van der Waals surface area (Å²) in [5, 5.41) is 12.1. The Morgan fingerprint density at radius 1 is 0.903 bits per heavy atom. The van der Waals surface area contributed by atoms with E-state index in [1.807, 2.05) is 42.2 Å². The molecule has 0 radical (unpaired) electrons. The first kappa shape index (κ1) is 21.5. The Morgan fingerprint density at radius 3 is 2.32 bits per heavy atom. The van der Waals surface area contributed by atoms with E-state index in [4.69, 9.17) is 11.6 Å². The summed E-state index contributed by atoms with van der Waals surface area (Å²) >= 11 is 6.12. The van der Waals surface area contributed by atoms with Gasteiger partial charge >= 0.3 is 0 Å². The van der Waals surface area contributed by atoms with E-state index >= 15 is 0 Å². The zero-order valence-electron chi connectivity index (χ0n) is 17.3. The molecule has 1 aliphatic heterocycles. The monoisotopic (exact) mass is 458 g/mol. The van der Waals surface area contributed by atoms with Crippen LogP contribution in [0.25, 0.3) is 0 Å². The molecule has 2 aromatic heterocycles. The summed E-state index contributed by atoms with van der Waals surface area (Å²) in [6.07, 6.45) is 0. The lowest BCUT2D eigenvalue weighted by atomic mass is 10.2. The van der Waals surface area contributed by atoms with E-state index in [1.54, 1.807) is 25.1 Å². The van der Waals surface area contributed by atoms with Gasteiger partial charge in [0.1, 0.15) is 5.82 Å². The van der Waals surface area contributed by atoms with Crippen molar-refractivity contribution in [3.8, 4) is 0 Å². The van der Waals surface area contributed by atoms with Crippen molar-refractivity contribution in [1.82, 2.24) is 19.5 Å². The van der Waals surface area contributed by atoms with Crippen molar-refractivity contribution >= 4 is 39.1 Å². The summed E-state index contributed by atoms with van der Waals surface area (Å²) in [5.74, 6) is 2.01. The van der Waals surface area contributed by atoms with Gasteiger partial charge in [-0.1, -0.05) is 23.7 Å². The van der Waals surface area contributed by atoms with Crippen LogP contribution in [0.1, 0.15) is 11.3 Å². The molecule has 0 amide bonds. The molecule has 162 valence electrons. The largest absolute Gasteiger partial charge is 0.352 e. The van der Waals surface area contributed by atoms with Crippen LogP contribution in [0, 0.1) is 13.8 Å². The summed E-state index contributed by atoms with van der Waals surface area (Å²) in [7, 11) is -3.60. The number of benzene rings is 1. The molecule has 0 saturated carbocycles. The van der Waals surface area contributed by atoms with Crippen molar-refractivity contribution < 1.29 is 8.42 Å². The van der Waals surface area contributed by atoms with E-state index in [2.05, 4.69) is 20.5 Å². The van der Waals surface area contributed by atoms with Crippen LogP contribution in [-0.4, -0.2) is 54.1 Å². The molecule has 4 rings (SSSR count). The normalized spacial score (nSPS) is 15.1. The molecule has 0 unspecified atom stereocenters. The minimum Gasteiger partial charge on any atom is -0.352 e. The predicted octanol–water partition coefficient (Wildman–Crippen LogP) is 3.40. The van der Waals surface area contributed by atoms with E-state index in [-0.39, 0.29) is 4.90 Å². The number of hydrogen-bond donors (Lipinski definition) is 1. The lowest BCUT2D eigenvalue weighted by Crippen LogP contribution is -2.49. The van der Waals surface area contributed by atoms with Crippen LogP contribution >= 0.6 is 11.6 Å². The van der Waals surface area contributed by atoms with Gasteiger partial charge in [-0.15, -0.1) is 10.2 Å². The number of halogens is 1. The lowest BCUT2D eigenvalue weighted by Gasteiger charge is -2.34. The zero-order valence-corrected chi connectivity index (χ0v) is 18.9.